The lowest BCUT2D eigenvalue weighted by molar-refractivity contribution is -0.143. The lowest BCUT2D eigenvalue weighted by Gasteiger charge is -2.20. The lowest BCUT2D eigenvalue weighted by Crippen LogP contribution is -2.45. The van der Waals surface area contributed by atoms with Gasteiger partial charge in [0.1, 0.15) is 0 Å². The highest BCUT2D eigenvalue weighted by Crippen LogP contribution is 2.18. The van der Waals surface area contributed by atoms with Crippen LogP contribution in [0.15, 0.2) is 36.5 Å². The number of unbranched alkanes of at least 4 members (excludes halogenated alkanes) is 49. The normalized spacial score (nSPS) is 12.7. The van der Waals surface area contributed by atoms with E-state index < -0.39 is 12.1 Å². The predicted molar refractivity (Wildman–Crippen MR) is 333 cm³/mol. The predicted octanol–water partition coefficient (Wildman–Crippen LogP) is 21.9. The summed E-state index contributed by atoms with van der Waals surface area (Å²) in [4.78, 5) is 24.6. The van der Waals surface area contributed by atoms with Crippen LogP contribution in [0, 0.1) is 0 Å². The highest BCUT2D eigenvalue weighted by atomic mass is 16.5. The molecule has 0 aliphatic heterocycles. The van der Waals surface area contributed by atoms with Gasteiger partial charge in [0.15, 0.2) is 0 Å². The number of esters is 1. The van der Waals surface area contributed by atoms with Gasteiger partial charge in [-0.15, -0.1) is 0 Å². The molecule has 448 valence electrons. The Hall–Kier alpha value is -1.92. The van der Waals surface area contributed by atoms with Crippen LogP contribution in [0.4, 0.5) is 0 Å². The Morgan fingerprint density at radius 2 is 0.658 bits per heavy atom. The van der Waals surface area contributed by atoms with Crippen molar-refractivity contribution >= 4 is 11.9 Å². The zero-order valence-corrected chi connectivity index (χ0v) is 51.3. The van der Waals surface area contributed by atoms with E-state index in [9.17, 15) is 19.8 Å². The molecule has 0 saturated carbocycles. The second-order valence-electron chi connectivity index (χ2n) is 23.5. The first-order valence-corrected chi connectivity index (χ1v) is 34.3. The van der Waals surface area contributed by atoms with Crippen LogP contribution in [0.2, 0.25) is 0 Å². The molecular formula is C70H133NO5. The smallest absolute Gasteiger partial charge is 0.305 e. The number of ether oxygens (including phenoxy) is 1. The molecule has 0 aliphatic rings. The van der Waals surface area contributed by atoms with Gasteiger partial charge in [-0.3, -0.25) is 9.59 Å². The molecule has 0 aromatic carbocycles. The molecule has 0 spiro atoms. The van der Waals surface area contributed by atoms with Crippen molar-refractivity contribution in [2.24, 2.45) is 0 Å². The maximum atomic E-state index is 12.5. The first-order valence-electron chi connectivity index (χ1n) is 34.3. The van der Waals surface area contributed by atoms with Gasteiger partial charge in [0.2, 0.25) is 5.91 Å². The Balaban J connectivity index is 3.40. The van der Waals surface area contributed by atoms with Crippen LogP contribution in [-0.4, -0.2) is 47.4 Å². The van der Waals surface area contributed by atoms with Crippen molar-refractivity contribution < 1.29 is 24.5 Å². The number of rotatable bonds is 64. The highest BCUT2D eigenvalue weighted by molar-refractivity contribution is 5.76. The van der Waals surface area contributed by atoms with E-state index >= 15 is 0 Å². The van der Waals surface area contributed by atoms with Crippen molar-refractivity contribution in [3.8, 4) is 0 Å². The summed E-state index contributed by atoms with van der Waals surface area (Å²) >= 11 is 0. The second kappa shape index (κ2) is 65.6. The number of carbonyl (C=O) groups excluding carboxylic acids is 2. The minimum Gasteiger partial charge on any atom is -0.466 e. The van der Waals surface area contributed by atoms with Gasteiger partial charge in [-0.2, -0.15) is 0 Å². The van der Waals surface area contributed by atoms with Crippen molar-refractivity contribution in [1.29, 1.82) is 0 Å². The highest BCUT2D eigenvalue weighted by Gasteiger charge is 2.18. The summed E-state index contributed by atoms with van der Waals surface area (Å²) < 4.78 is 5.49. The molecule has 0 saturated heterocycles. The third kappa shape index (κ3) is 61.3. The van der Waals surface area contributed by atoms with Crippen LogP contribution in [-0.2, 0) is 14.3 Å². The minimum atomic E-state index is -0.845. The van der Waals surface area contributed by atoms with E-state index in [1.807, 2.05) is 6.08 Å². The average Bonchev–Trinajstić information content (AvgIpc) is 3.42. The van der Waals surface area contributed by atoms with E-state index in [2.05, 4.69) is 43.5 Å². The Morgan fingerprint density at radius 1 is 0.368 bits per heavy atom. The molecule has 3 N–H and O–H groups in total. The van der Waals surface area contributed by atoms with E-state index in [1.165, 1.54) is 295 Å². The zero-order chi connectivity index (χ0) is 55.0. The molecule has 1 amide bonds. The van der Waals surface area contributed by atoms with Gasteiger partial charge in [-0.1, -0.05) is 333 Å². The molecule has 0 aromatic rings. The lowest BCUT2D eigenvalue weighted by atomic mass is 10.0. The number of nitrogens with one attached hydrogen (secondary N) is 1. The Labute approximate surface area is 474 Å². The molecule has 0 radical (unpaired) electrons. The van der Waals surface area contributed by atoms with Crippen molar-refractivity contribution in [2.75, 3.05) is 13.2 Å². The molecule has 0 rings (SSSR count). The van der Waals surface area contributed by atoms with Crippen LogP contribution in [0.5, 0.6) is 0 Å². The first kappa shape index (κ1) is 74.1. The van der Waals surface area contributed by atoms with E-state index in [0.717, 1.165) is 51.4 Å². The SMILES string of the molecule is CCCCCC/C=C\C/C=C\CCCCCCCC(=O)OCCCCCCCCCCCCCCCCCCCCCCCCCCC(=O)NC(CO)C(O)/C=C/CCCCCCCCCCCCCCCCCCC. The van der Waals surface area contributed by atoms with Crippen molar-refractivity contribution in [3.05, 3.63) is 36.5 Å². The third-order valence-electron chi connectivity index (χ3n) is 15.9. The molecule has 0 bridgehead atoms. The van der Waals surface area contributed by atoms with Crippen molar-refractivity contribution in [3.63, 3.8) is 0 Å². The maximum Gasteiger partial charge on any atom is 0.305 e. The van der Waals surface area contributed by atoms with Gasteiger partial charge in [0, 0.05) is 12.8 Å². The zero-order valence-electron chi connectivity index (χ0n) is 51.3. The van der Waals surface area contributed by atoms with Gasteiger partial charge in [0.05, 0.1) is 25.4 Å². The van der Waals surface area contributed by atoms with Gasteiger partial charge in [-0.05, 0) is 64.2 Å². The molecule has 2 unspecified atom stereocenters. The van der Waals surface area contributed by atoms with Crippen LogP contribution in [0.25, 0.3) is 0 Å². The van der Waals surface area contributed by atoms with Gasteiger partial charge < -0.3 is 20.3 Å². The fraction of sp³-hybridized carbons (Fsp3) is 0.886. The Bertz CT molecular complexity index is 1230. The van der Waals surface area contributed by atoms with Crippen LogP contribution < -0.4 is 5.32 Å². The van der Waals surface area contributed by atoms with Crippen molar-refractivity contribution in [1.82, 2.24) is 5.32 Å². The molecule has 0 aliphatic carbocycles. The van der Waals surface area contributed by atoms with E-state index in [4.69, 9.17) is 4.74 Å². The summed E-state index contributed by atoms with van der Waals surface area (Å²) in [5.74, 6) is -0.0621. The molecule has 6 heteroatoms. The first-order chi connectivity index (χ1) is 37.5. The summed E-state index contributed by atoms with van der Waals surface area (Å²) in [6.45, 7) is 4.91. The molecule has 76 heavy (non-hydrogen) atoms. The summed E-state index contributed by atoms with van der Waals surface area (Å²) in [6, 6.07) is -0.628. The van der Waals surface area contributed by atoms with Gasteiger partial charge >= 0.3 is 5.97 Å². The van der Waals surface area contributed by atoms with Crippen LogP contribution >= 0.6 is 0 Å². The van der Waals surface area contributed by atoms with Gasteiger partial charge in [0.25, 0.3) is 0 Å². The quantitative estimate of drug-likeness (QED) is 0.0320. The number of allylic oxidation sites excluding steroid dienone is 5. The van der Waals surface area contributed by atoms with E-state index in [0.29, 0.717) is 19.4 Å². The molecule has 2 atom stereocenters. The Morgan fingerprint density at radius 3 is 1.01 bits per heavy atom. The van der Waals surface area contributed by atoms with E-state index in [1.54, 1.807) is 6.08 Å². The standard InChI is InChI=1S/C70H133NO5/c1-3-5-7-9-11-13-15-17-19-21-28-31-34-38-42-46-50-54-58-62-68(73)67(66-72)71-69(74)63-59-55-51-47-43-39-35-32-29-26-24-22-23-25-27-30-33-37-41-45-49-53-57-61-65-76-70(75)64-60-56-52-48-44-40-36-20-18-16-14-12-10-8-6-4-2/h14,16,20,36,58,62,67-68,72-73H,3-13,15,17-19,21-35,37-57,59-61,63-66H2,1-2H3,(H,71,74)/b16-14-,36-20-,62-58+. The van der Waals surface area contributed by atoms with Crippen LogP contribution in [0.3, 0.4) is 0 Å². The summed E-state index contributed by atoms with van der Waals surface area (Å²) in [6.07, 6.45) is 83.5. The number of amides is 1. The average molecular weight is 1070 g/mol. The van der Waals surface area contributed by atoms with Crippen LogP contribution in [0.1, 0.15) is 373 Å². The number of aliphatic hydroxyl groups excluding tert-OH is 2. The largest absolute Gasteiger partial charge is 0.466 e. The fourth-order valence-corrected chi connectivity index (χ4v) is 10.7. The number of hydrogen-bond acceptors (Lipinski definition) is 5. The molecular weight excluding hydrogens is 935 g/mol. The number of aliphatic hydroxyl groups is 2. The summed E-state index contributed by atoms with van der Waals surface area (Å²) in [5.41, 5.74) is 0. The number of carbonyl (C=O) groups is 2. The second-order valence-corrected chi connectivity index (χ2v) is 23.5. The monoisotopic (exact) mass is 1070 g/mol. The number of hydrogen-bond donors (Lipinski definition) is 3. The Kier molecular flexibility index (Phi) is 63.9. The third-order valence-corrected chi connectivity index (χ3v) is 15.9. The molecule has 6 nitrogen and oxygen atoms in total. The molecule has 0 heterocycles. The minimum absolute atomic E-state index is 0.00190. The summed E-state index contributed by atoms with van der Waals surface area (Å²) in [5, 5.41) is 23.2. The topological polar surface area (TPSA) is 95.9 Å². The molecule has 0 aromatic heterocycles. The maximum absolute atomic E-state index is 12.5. The van der Waals surface area contributed by atoms with Gasteiger partial charge in [-0.25, -0.2) is 0 Å². The molecule has 0 fully saturated rings. The fourth-order valence-electron chi connectivity index (χ4n) is 10.7. The van der Waals surface area contributed by atoms with E-state index in [-0.39, 0.29) is 18.5 Å². The van der Waals surface area contributed by atoms with Crippen molar-refractivity contribution in [2.45, 2.75) is 386 Å². The summed E-state index contributed by atoms with van der Waals surface area (Å²) in [7, 11) is 0.